The van der Waals surface area contributed by atoms with Crippen LogP contribution in [0.1, 0.15) is 24.6 Å². The molecule has 3 amide bonds. The van der Waals surface area contributed by atoms with Crippen LogP contribution in [0.2, 0.25) is 0 Å². The zero-order valence-electron chi connectivity index (χ0n) is 14.3. The van der Waals surface area contributed by atoms with Crippen LogP contribution in [0.25, 0.3) is 0 Å². The van der Waals surface area contributed by atoms with Crippen molar-refractivity contribution in [1.82, 2.24) is 10.3 Å². The van der Waals surface area contributed by atoms with Crippen molar-refractivity contribution in [1.29, 1.82) is 0 Å². The van der Waals surface area contributed by atoms with E-state index in [0.717, 1.165) is 22.6 Å². The number of aryl methyl sites for hydroxylation is 1. The van der Waals surface area contributed by atoms with Crippen LogP contribution in [-0.2, 0) is 17.6 Å². The first kappa shape index (κ1) is 17.0. The number of anilines is 2. The molecule has 0 aliphatic carbocycles. The lowest BCUT2D eigenvalue weighted by atomic mass is 10.0. The Morgan fingerprint density at radius 2 is 2.12 bits per heavy atom. The van der Waals surface area contributed by atoms with Crippen molar-refractivity contribution in [3.8, 4) is 0 Å². The molecule has 0 fully saturated rings. The average Bonchev–Trinajstić information content (AvgIpc) is 2.62. The van der Waals surface area contributed by atoms with Gasteiger partial charge in [0.1, 0.15) is 0 Å². The van der Waals surface area contributed by atoms with E-state index in [1.54, 1.807) is 11.1 Å². The summed E-state index contributed by atoms with van der Waals surface area (Å²) in [6, 6.07) is 11.2. The first-order chi connectivity index (χ1) is 12.2. The number of urea groups is 1. The van der Waals surface area contributed by atoms with Crippen molar-refractivity contribution in [3.05, 3.63) is 53.9 Å². The average molecular weight is 338 g/mol. The maximum atomic E-state index is 12.0. The van der Waals surface area contributed by atoms with Crippen LogP contribution in [0.5, 0.6) is 0 Å². The predicted octanol–water partition coefficient (Wildman–Crippen LogP) is 2.74. The lowest BCUT2D eigenvalue weighted by Gasteiger charge is -2.28. The fourth-order valence-corrected chi connectivity index (χ4v) is 3.01. The highest BCUT2D eigenvalue weighted by Gasteiger charge is 2.22. The number of fused-ring (bicyclic) bond motifs is 1. The quantitative estimate of drug-likeness (QED) is 0.880. The molecule has 0 saturated carbocycles. The number of pyridine rings is 1. The number of carbonyl (C=O) groups is 2. The Balaban J connectivity index is 1.56. The van der Waals surface area contributed by atoms with E-state index in [4.69, 9.17) is 0 Å². The van der Waals surface area contributed by atoms with E-state index in [9.17, 15) is 9.59 Å². The van der Waals surface area contributed by atoms with Gasteiger partial charge in [-0.25, -0.2) is 4.79 Å². The summed E-state index contributed by atoms with van der Waals surface area (Å²) in [5.74, 6) is 0.156. The third-order valence-corrected chi connectivity index (χ3v) is 4.25. The first-order valence-electron chi connectivity index (χ1n) is 8.55. The van der Waals surface area contributed by atoms with Crippen LogP contribution >= 0.6 is 0 Å². The molecule has 0 spiro atoms. The second-order valence-corrected chi connectivity index (χ2v) is 5.93. The van der Waals surface area contributed by atoms with Gasteiger partial charge in [-0.15, -0.1) is 0 Å². The third-order valence-electron chi connectivity index (χ3n) is 4.25. The van der Waals surface area contributed by atoms with Crippen LogP contribution in [0.4, 0.5) is 16.2 Å². The molecule has 130 valence electrons. The standard InChI is InChI=1S/C19H22N4O2/c1-2-23-17-8-7-16(13-14(17)6-9-18(23)24)22-19(25)21-12-10-15-5-3-4-11-20-15/h3-5,7-8,11,13H,2,6,9-10,12H2,1H3,(H2,21,22,25). The van der Waals surface area contributed by atoms with E-state index in [-0.39, 0.29) is 11.9 Å². The molecule has 0 atom stereocenters. The molecule has 2 heterocycles. The van der Waals surface area contributed by atoms with E-state index >= 15 is 0 Å². The number of aromatic nitrogens is 1. The van der Waals surface area contributed by atoms with Gasteiger partial charge in [0.25, 0.3) is 0 Å². The predicted molar refractivity (Wildman–Crippen MR) is 97.8 cm³/mol. The SMILES string of the molecule is CCN1C(=O)CCc2cc(NC(=O)NCCc3ccccn3)ccc21. The van der Waals surface area contributed by atoms with Gasteiger partial charge in [0, 0.05) is 49.2 Å². The van der Waals surface area contributed by atoms with E-state index < -0.39 is 0 Å². The van der Waals surface area contributed by atoms with Crippen LogP contribution in [-0.4, -0.2) is 30.0 Å². The monoisotopic (exact) mass is 338 g/mol. The Labute approximate surface area is 147 Å². The molecule has 25 heavy (non-hydrogen) atoms. The summed E-state index contributed by atoms with van der Waals surface area (Å²) in [4.78, 5) is 30.0. The minimum atomic E-state index is -0.241. The van der Waals surface area contributed by atoms with Gasteiger partial charge >= 0.3 is 6.03 Å². The van der Waals surface area contributed by atoms with Crippen molar-refractivity contribution < 1.29 is 9.59 Å². The summed E-state index contributed by atoms with van der Waals surface area (Å²) in [5, 5.41) is 5.68. The van der Waals surface area contributed by atoms with Gasteiger partial charge < -0.3 is 15.5 Å². The number of benzene rings is 1. The fraction of sp³-hybridized carbons (Fsp3) is 0.316. The molecule has 0 bridgehead atoms. The first-order valence-corrected chi connectivity index (χ1v) is 8.55. The van der Waals surface area contributed by atoms with E-state index in [0.29, 0.717) is 32.4 Å². The molecule has 1 aromatic carbocycles. The number of nitrogens with one attached hydrogen (secondary N) is 2. The van der Waals surface area contributed by atoms with E-state index in [1.165, 1.54) is 0 Å². The van der Waals surface area contributed by atoms with Gasteiger partial charge in [0.15, 0.2) is 0 Å². The largest absolute Gasteiger partial charge is 0.337 e. The van der Waals surface area contributed by atoms with Gasteiger partial charge in [-0.2, -0.15) is 0 Å². The molecule has 6 nitrogen and oxygen atoms in total. The molecule has 0 unspecified atom stereocenters. The smallest absolute Gasteiger partial charge is 0.319 e. The molecular weight excluding hydrogens is 316 g/mol. The van der Waals surface area contributed by atoms with E-state index in [2.05, 4.69) is 15.6 Å². The lowest BCUT2D eigenvalue weighted by Crippen LogP contribution is -2.35. The number of amides is 3. The molecule has 1 aromatic heterocycles. The van der Waals surface area contributed by atoms with E-state index in [1.807, 2.05) is 43.3 Å². The van der Waals surface area contributed by atoms with Crippen LogP contribution < -0.4 is 15.5 Å². The molecular formula is C19H22N4O2. The Morgan fingerprint density at radius 3 is 2.88 bits per heavy atom. The van der Waals surface area contributed by atoms with Crippen LogP contribution in [0, 0.1) is 0 Å². The number of hydrogen-bond donors (Lipinski definition) is 2. The zero-order valence-corrected chi connectivity index (χ0v) is 14.3. The van der Waals surface area contributed by atoms with Crippen molar-refractivity contribution in [2.45, 2.75) is 26.2 Å². The maximum Gasteiger partial charge on any atom is 0.319 e. The third kappa shape index (κ3) is 4.15. The van der Waals surface area contributed by atoms with Crippen molar-refractivity contribution in [3.63, 3.8) is 0 Å². The molecule has 1 aliphatic rings. The molecule has 0 saturated heterocycles. The Morgan fingerprint density at radius 1 is 1.24 bits per heavy atom. The Kier molecular flexibility index (Phi) is 5.28. The second kappa shape index (κ2) is 7.79. The lowest BCUT2D eigenvalue weighted by molar-refractivity contribution is -0.118. The minimum Gasteiger partial charge on any atom is -0.337 e. The van der Waals surface area contributed by atoms with Gasteiger partial charge in [-0.3, -0.25) is 9.78 Å². The van der Waals surface area contributed by atoms with Crippen LogP contribution in [0.15, 0.2) is 42.6 Å². The van der Waals surface area contributed by atoms with Crippen molar-refractivity contribution >= 4 is 23.3 Å². The Bertz CT molecular complexity index is 761. The van der Waals surface area contributed by atoms with Gasteiger partial charge in [0.05, 0.1) is 0 Å². The van der Waals surface area contributed by atoms with Gasteiger partial charge in [-0.1, -0.05) is 6.07 Å². The summed E-state index contributed by atoms with van der Waals surface area (Å²) < 4.78 is 0. The topological polar surface area (TPSA) is 74.3 Å². The number of rotatable bonds is 5. The molecule has 0 radical (unpaired) electrons. The highest BCUT2D eigenvalue weighted by molar-refractivity contribution is 5.97. The summed E-state index contributed by atoms with van der Waals surface area (Å²) in [5.41, 5.74) is 3.72. The van der Waals surface area contributed by atoms with Crippen LogP contribution in [0.3, 0.4) is 0 Å². The molecule has 2 aromatic rings. The molecule has 6 heteroatoms. The summed E-state index contributed by atoms with van der Waals surface area (Å²) in [6.07, 6.45) is 3.65. The number of hydrogen-bond acceptors (Lipinski definition) is 3. The van der Waals surface area contributed by atoms with Gasteiger partial charge in [-0.05, 0) is 49.2 Å². The highest BCUT2D eigenvalue weighted by Crippen LogP contribution is 2.30. The highest BCUT2D eigenvalue weighted by atomic mass is 16.2. The number of carbonyl (C=O) groups excluding carboxylic acids is 2. The fourth-order valence-electron chi connectivity index (χ4n) is 3.01. The molecule has 3 rings (SSSR count). The summed E-state index contributed by atoms with van der Waals surface area (Å²) in [6.45, 7) is 3.15. The number of nitrogens with zero attached hydrogens (tertiary/aromatic N) is 2. The van der Waals surface area contributed by atoms with Crippen molar-refractivity contribution in [2.24, 2.45) is 0 Å². The Hall–Kier alpha value is -2.89. The molecule has 1 aliphatic heterocycles. The maximum absolute atomic E-state index is 12.0. The normalized spacial score (nSPS) is 13.3. The summed E-state index contributed by atoms with van der Waals surface area (Å²) in [7, 11) is 0. The molecule has 2 N–H and O–H groups in total. The zero-order chi connectivity index (χ0) is 17.6. The summed E-state index contributed by atoms with van der Waals surface area (Å²) >= 11 is 0. The second-order valence-electron chi connectivity index (χ2n) is 5.93. The van der Waals surface area contributed by atoms with Gasteiger partial charge in [0.2, 0.25) is 5.91 Å². The van der Waals surface area contributed by atoms with Crippen molar-refractivity contribution in [2.75, 3.05) is 23.3 Å². The minimum absolute atomic E-state index is 0.156.